The van der Waals surface area contributed by atoms with Crippen LogP contribution in [0.4, 0.5) is 0 Å². The molecule has 1 aromatic carbocycles. The Hall–Kier alpha value is -0.603. The molecule has 0 saturated heterocycles. The summed E-state index contributed by atoms with van der Waals surface area (Å²) in [6.45, 7) is 10.7. The lowest BCUT2D eigenvalue weighted by atomic mass is 9.78. The Kier molecular flexibility index (Phi) is 6.50. The Balaban J connectivity index is 2.23. The summed E-state index contributed by atoms with van der Waals surface area (Å²) in [7, 11) is 0.815. The number of ether oxygens (including phenoxy) is 1. The second kappa shape index (κ2) is 7.98. The molecule has 1 nitrogen and oxygen atoms in total. The van der Waals surface area contributed by atoms with Crippen molar-refractivity contribution in [2.45, 2.75) is 70.1 Å². The summed E-state index contributed by atoms with van der Waals surface area (Å²) in [5.74, 6) is 1.71. The molecule has 23 heavy (non-hydrogen) atoms. The highest BCUT2D eigenvalue weighted by Crippen LogP contribution is 2.51. The van der Waals surface area contributed by atoms with Crippen molar-refractivity contribution in [2.24, 2.45) is 11.8 Å². The van der Waals surface area contributed by atoms with E-state index in [2.05, 4.69) is 58.0 Å². The van der Waals surface area contributed by atoms with Gasteiger partial charge in [0.2, 0.25) is 0 Å². The summed E-state index contributed by atoms with van der Waals surface area (Å²) < 4.78 is 5.70. The minimum absolute atomic E-state index is 0.245. The predicted molar refractivity (Wildman–Crippen MR) is 104 cm³/mol. The molecular weight excluding hydrogens is 296 g/mol. The van der Waals surface area contributed by atoms with E-state index < -0.39 is 8.07 Å². The quantitative estimate of drug-likeness (QED) is 0.521. The smallest absolute Gasteiger partial charge is 0.0559 e. The van der Waals surface area contributed by atoms with Crippen LogP contribution in [0.1, 0.15) is 46.1 Å². The van der Waals surface area contributed by atoms with E-state index >= 15 is 0 Å². The number of hydrogen-bond acceptors (Lipinski definition) is 1. The zero-order valence-electron chi connectivity index (χ0n) is 15.9. The van der Waals surface area contributed by atoms with Gasteiger partial charge in [-0.1, -0.05) is 82.2 Å². The van der Waals surface area contributed by atoms with Crippen molar-refractivity contribution in [2.75, 3.05) is 13.7 Å². The van der Waals surface area contributed by atoms with Crippen molar-refractivity contribution < 1.29 is 4.74 Å². The molecule has 0 heterocycles. The zero-order chi connectivity index (χ0) is 16.9. The summed E-state index contributed by atoms with van der Waals surface area (Å²) in [6.07, 6.45) is 2.61. The van der Waals surface area contributed by atoms with Gasteiger partial charge in [-0.25, -0.2) is 0 Å². The molecule has 1 unspecified atom stereocenters. The lowest BCUT2D eigenvalue weighted by molar-refractivity contribution is 0.128. The minimum atomic E-state index is -1.05. The zero-order valence-corrected chi connectivity index (χ0v) is 16.9. The van der Waals surface area contributed by atoms with Crippen LogP contribution in [-0.4, -0.2) is 21.8 Å². The Bertz CT molecular complexity index is 460. The molecule has 0 radical (unpaired) electrons. The summed E-state index contributed by atoms with van der Waals surface area (Å²) in [6, 6.07) is 17.0. The monoisotopic (exact) mass is 332 g/mol. The maximum Gasteiger partial charge on any atom is 0.0559 e. The average molecular weight is 333 g/mol. The highest BCUT2D eigenvalue weighted by Gasteiger charge is 2.46. The summed E-state index contributed by atoms with van der Waals surface area (Å²) in [5.41, 5.74) is 1.74. The Labute approximate surface area is 144 Å². The summed E-state index contributed by atoms with van der Waals surface area (Å²) in [4.78, 5) is 0. The van der Waals surface area contributed by atoms with Crippen LogP contribution in [0.25, 0.3) is 0 Å². The Morgan fingerprint density at radius 1 is 1.04 bits per heavy atom. The fourth-order valence-corrected chi connectivity index (χ4v) is 9.11. The molecule has 0 aromatic heterocycles. The van der Waals surface area contributed by atoms with Gasteiger partial charge in [0, 0.05) is 12.5 Å². The van der Waals surface area contributed by atoms with Crippen molar-refractivity contribution in [3.05, 3.63) is 35.9 Å². The van der Waals surface area contributed by atoms with Gasteiger partial charge in [-0.15, -0.1) is 0 Å². The largest absolute Gasteiger partial charge is 0.384 e. The fourth-order valence-electron chi connectivity index (χ4n) is 5.09. The first-order valence-electron chi connectivity index (χ1n) is 9.59. The van der Waals surface area contributed by atoms with E-state index in [1.165, 1.54) is 42.6 Å². The molecule has 1 aromatic rings. The van der Waals surface area contributed by atoms with Crippen LogP contribution in [0.5, 0.6) is 0 Å². The van der Waals surface area contributed by atoms with Gasteiger partial charge in [0.1, 0.15) is 0 Å². The normalized spacial score (nSPS) is 28.2. The van der Waals surface area contributed by atoms with Crippen molar-refractivity contribution in [3.63, 3.8) is 0 Å². The summed E-state index contributed by atoms with van der Waals surface area (Å²) in [5, 5.41) is 0. The molecule has 0 aliphatic heterocycles. The van der Waals surface area contributed by atoms with Gasteiger partial charge in [-0.2, -0.15) is 0 Å². The lowest BCUT2D eigenvalue weighted by Gasteiger charge is -2.33. The summed E-state index contributed by atoms with van der Waals surface area (Å²) >= 11 is 0. The van der Waals surface area contributed by atoms with Gasteiger partial charge in [-0.3, -0.25) is 0 Å². The van der Waals surface area contributed by atoms with Crippen LogP contribution in [-0.2, 0) is 10.2 Å². The Morgan fingerprint density at radius 3 is 2.17 bits per heavy atom. The van der Waals surface area contributed by atoms with Crippen molar-refractivity contribution in [1.29, 1.82) is 0 Å². The first-order valence-corrected chi connectivity index (χ1v) is 12.4. The molecule has 0 bridgehead atoms. The predicted octanol–water partition coefficient (Wildman–Crippen LogP) is 6.13. The van der Waals surface area contributed by atoms with E-state index in [1.54, 1.807) is 0 Å². The molecule has 1 aliphatic carbocycles. The van der Waals surface area contributed by atoms with Crippen LogP contribution < -0.4 is 0 Å². The van der Waals surface area contributed by atoms with Crippen LogP contribution in [0, 0.1) is 11.8 Å². The Morgan fingerprint density at radius 2 is 1.65 bits per heavy atom. The van der Waals surface area contributed by atoms with Gasteiger partial charge in [0.05, 0.1) is 14.7 Å². The number of hydrogen-bond donors (Lipinski definition) is 0. The topological polar surface area (TPSA) is 9.23 Å². The van der Waals surface area contributed by atoms with E-state index in [1.807, 2.05) is 7.11 Å². The molecule has 130 valence electrons. The molecular formula is C21H36OSi. The third kappa shape index (κ3) is 3.91. The first kappa shape index (κ1) is 18.7. The molecule has 1 fully saturated rings. The first-order chi connectivity index (χ1) is 11.0. The molecule has 0 N–H and O–H groups in total. The second-order valence-corrected chi connectivity index (χ2v) is 13.5. The van der Waals surface area contributed by atoms with Crippen molar-refractivity contribution in [3.8, 4) is 0 Å². The molecule has 1 saturated carbocycles. The van der Waals surface area contributed by atoms with Gasteiger partial charge in [-0.05, 0) is 30.2 Å². The SMILES string of the molecule is CC[Si](CC)(CC)C[C@@H]1CC(COC)(c2ccccc2)C[C@H]1C. The fraction of sp³-hybridized carbons (Fsp3) is 0.714. The van der Waals surface area contributed by atoms with E-state index in [0.717, 1.165) is 18.4 Å². The van der Waals surface area contributed by atoms with Gasteiger partial charge in [0.25, 0.3) is 0 Å². The average Bonchev–Trinajstić information content (AvgIpc) is 2.90. The molecule has 2 rings (SSSR count). The van der Waals surface area contributed by atoms with E-state index in [-0.39, 0.29) is 5.41 Å². The molecule has 3 atom stereocenters. The number of benzene rings is 1. The van der Waals surface area contributed by atoms with Gasteiger partial charge in [0.15, 0.2) is 0 Å². The molecule has 0 amide bonds. The van der Waals surface area contributed by atoms with Crippen LogP contribution in [0.3, 0.4) is 0 Å². The minimum Gasteiger partial charge on any atom is -0.384 e. The third-order valence-corrected chi connectivity index (χ3v) is 12.8. The van der Waals surface area contributed by atoms with Crippen LogP contribution >= 0.6 is 0 Å². The maximum absolute atomic E-state index is 5.70. The lowest BCUT2D eigenvalue weighted by Crippen LogP contribution is -2.35. The second-order valence-electron chi connectivity index (χ2n) is 7.99. The third-order valence-electron chi connectivity index (χ3n) is 6.92. The van der Waals surface area contributed by atoms with Gasteiger partial charge < -0.3 is 4.74 Å². The van der Waals surface area contributed by atoms with Crippen LogP contribution in [0.15, 0.2) is 30.3 Å². The van der Waals surface area contributed by atoms with E-state index in [0.29, 0.717) is 0 Å². The molecule has 0 spiro atoms. The standard InChI is InChI=1S/C21H36OSi/c1-6-23(7-2,8-3)16-19-15-21(17-22-5,14-18(19)4)20-12-10-9-11-13-20/h9-13,18-19H,6-8,14-17H2,1-5H3/t18-,19+,21?/m1/s1. The highest BCUT2D eigenvalue weighted by atomic mass is 28.3. The number of methoxy groups -OCH3 is 1. The highest BCUT2D eigenvalue weighted by molar-refractivity contribution is 6.79. The van der Waals surface area contributed by atoms with Crippen molar-refractivity contribution >= 4 is 8.07 Å². The molecule has 1 aliphatic rings. The van der Waals surface area contributed by atoms with E-state index in [9.17, 15) is 0 Å². The maximum atomic E-state index is 5.70. The number of rotatable bonds is 8. The van der Waals surface area contributed by atoms with Crippen molar-refractivity contribution in [1.82, 2.24) is 0 Å². The van der Waals surface area contributed by atoms with Gasteiger partial charge >= 0.3 is 0 Å². The molecule has 2 heteroatoms. The van der Waals surface area contributed by atoms with Crippen LogP contribution in [0.2, 0.25) is 24.2 Å². The van der Waals surface area contributed by atoms with E-state index in [4.69, 9.17) is 4.74 Å².